The van der Waals surface area contributed by atoms with Gasteiger partial charge in [0.15, 0.2) is 0 Å². The summed E-state index contributed by atoms with van der Waals surface area (Å²) in [4.78, 5) is 12.0. The molecule has 110 valence electrons. The first-order chi connectivity index (χ1) is 9.56. The number of rotatable bonds is 3. The van der Waals surface area contributed by atoms with Crippen LogP contribution in [-0.2, 0) is 16.6 Å². The van der Waals surface area contributed by atoms with Gasteiger partial charge in [0.25, 0.3) is 5.91 Å². The fourth-order valence-corrected chi connectivity index (χ4v) is 4.22. The Hall–Kier alpha value is -1.34. The third kappa shape index (κ3) is 2.60. The van der Waals surface area contributed by atoms with E-state index in [4.69, 9.17) is 0 Å². The second kappa shape index (κ2) is 5.21. The minimum absolute atomic E-state index is 0.0357. The third-order valence-electron chi connectivity index (χ3n) is 3.95. The molecule has 1 fully saturated rings. The molecule has 0 radical (unpaired) electrons. The van der Waals surface area contributed by atoms with Gasteiger partial charge in [-0.05, 0) is 25.3 Å². The topological polar surface area (TPSA) is 80.2 Å². The van der Waals surface area contributed by atoms with Crippen molar-refractivity contribution in [2.75, 3.05) is 6.54 Å². The van der Waals surface area contributed by atoms with Crippen molar-refractivity contribution >= 4 is 15.9 Å². The maximum atomic E-state index is 12.3. The summed E-state index contributed by atoms with van der Waals surface area (Å²) in [5, 5.41) is 2.76. The van der Waals surface area contributed by atoms with Crippen LogP contribution in [0.25, 0.3) is 0 Å². The van der Waals surface area contributed by atoms with E-state index in [9.17, 15) is 13.2 Å². The second-order valence-corrected chi connectivity index (χ2v) is 7.18. The Balaban J connectivity index is 1.86. The molecule has 0 atom stereocenters. The van der Waals surface area contributed by atoms with Crippen LogP contribution in [0.4, 0.5) is 0 Å². The second-order valence-electron chi connectivity index (χ2n) is 5.47. The zero-order valence-corrected chi connectivity index (χ0v) is 12.1. The largest absolute Gasteiger partial charge is 0.351 e. The van der Waals surface area contributed by atoms with Crippen molar-refractivity contribution in [3.63, 3.8) is 0 Å². The minimum Gasteiger partial charge on any atom is -0.351 e. The lowest BCUT2D eigenvalue weighted by molar-refractivity contribution is 0.0951. The van der Waals surface area contributed by atoms with E-state index in [1.54, 1.807) is 10.8 Å². The van der Waals surface area contributed by atoms with Crippen LogP contribution in [0.2, 0.25) is 0 Å². The van der Waals surface area contributed by atoms with Crippen LogP contribution in [0.15, 0.2) is 17.2 Å². The van der Waals surface area contributed by atoms with Crippen molar-refractivity contribution < 1.29 is 13.2 Å². The number of carbonyl (C=O) groups is 1. The van der Waals surface area contributed by atoms with Gasteiger partial charge in [0.2, 0.25) is 10.0 Å². The molecule has 6 nitrogen and oxygen atoms in total. The molecule has 1 aliphatic heterocycles. The molecule has 2 N–H and O–H groups in total. The molecule has 2 heterocycles. The van der Waals surface area contributed by atoms with Gasteiger partial charge in [0, 0.05) is 25.3 Å². The number of hydrogen-bond donors (Lipinski definition) is 2. The van der Waals surface area contributed by atoms with E-state index in [0.717, 1.165) is 32.1 Å². The summed E-state index contributed by atoms with van der Waals surface area (Å²) in [5.41, 5.74) is 0.425. The lowest BCUT2D eigenvalue weighted by Crippen LogP contribution is -2.32. The molecule has 1 aromatic rings. The quantitative estimate of drug-likeness (QED) is 0.867. The molecule has 0 unspecified atom stereocenters. The van der Waals surface area contributed by atoms with Crippen LogP contribution in [0.3, 0.4) is 0 Å². The first kappa shape index (κ1) is 13.6. The molecule has 1 aliphatic carbocycles. The van der Waals surface area contributed by atoms with Crippen LogP contribution in [0.1, 0.15) is 42.6 Å². The third-order valence-corrected chi connectivity index (χ3v) is 5.44. The predicted molar refractivity (Wildman–Crippen MR) is 74.0 cm³/mol. The Kier molecular flexibility index (Phi) is 3.55. The van der Waals surface area contributed by atoms with E-state index in [2.05, 4.69) is 10.0 Å². The van der Waals surface area contributed by atoms with Crippen molar-refractivity contribution in [1.82, 2.24) is 14.6 Å². The van der Waals surface area contributed by atoms with Crippen molar-refractivity contribution in [2.24, 2.45) is 0 Å². The van der Waals surface area contributed by atoms with Crippen molar-refractivity contribution in [3.05, 3.63) is 18.0 Å². The van der Waals surface area contributed by atoms with Gasteiger partial charge in [-0.3, -0.25) is 4.79 Å². The van der Waals surface area contributed by atoms with Crippen LogP contribution >= 0.6 is 0 Å². The molecular formula is C13H19N3O3S. The van der Waals surface area contributed by atoms with E-state index < -0.39 is 10.0 Å². The fraction of sp³-hybridized carbons (Fsp3) is 0.615. The Labute approximate surface area is 118 Å². The van der Waals surface area contributed by atoms with E-state index in [1.165, 1.54) is 6.07 Å². The van der Waals surface area contributed by atoms with E-state index >= 15 is 0 Å². The van der Waals surface area contributed by atoms with Crippen molar-refractivity contribution in [3.8, 4) is 0 Å². The molecular weight excluding hydrogens is 278 g/mol. The summed E-state index contributed by atoms with van der Waals surface area (Å²) in [5.74, 6) is -0.204. The van der Waals surface area contributed by atoms with E-state index in [1.807, 2.05) is 0 Å². The number of nitrogens with zero attached hydrogens (tertiary/aromatic N) is 1. The Morgan fingerprint density at radius 3 is 2.75 bits per heavy atom. The van der Waals surface area contributed by atoms with Gasteiger partial charge in [0.05, 0.1) is 0 Å². The van der Waals surface area contributed by atoms with E-state index in [-0.39, 0.29) is 16.8 Å². The molecule has 7 heteroatoms. The zero-order valence-electron chi connectivity index (χ0n) is 11.3. The zero-order chi connectivity index (χ0) is 14.2. The summed E-state index contributed by atoms with van der Waals surface area (Å²) in [6.45, 7) is 1.29. The summed E-state index contributed by atoms with van der Waals surface area (Å²) < 4.78 is 29.2. The number of hydrogen-bond acceptors (Lipinski definition) is 3. The highest BCUT2D eigenvalue weighted by atomic mass is 32.2. The predicted octanol–water partition coefficient (Wildman–Crippen LogP) is 0.842. The molecule has 3 rings (SSSR count). The number of aryl methyl sites for hydroxylation is 1. The Bertz CT molecular complexity index is 615. The number of nitrogens with one attached hydrogen (secondary N) is 2. The molecule has 0 bridgehead atoms. The standard InChI is InChI=1S/C13H19N3O3S/c17-13-12-8-11(9-16(12)7-3-6-14-13)20(18,19)15-10-4-1-2-5-10/h8-10,15H,1-7H2,(H,14,17). The van der Waals surface area contributed by atoms with Crippen LogP contribution in [-0.4, -0.2) is 31.5 Å². The summed E-state index contributed by atoms with van der Waals surface area (Å²) in [7, 11) is -3.52. The fourth-order valence-electron chi connectivity index (χ4n) is 2.88. The highest BCUT2D eigenvalue weighted by molar-refractivity contribution is 7.89. The first-order valence-corrected chi connectivity index (χ1v) is 8.55. The maximum Gasteiger partial charge on any atom is 0.267 e. The van der Waals surface area contributed by atoms with E-state index in [0.29, 0.717) is 18.8 Å². The number of aromatic nitrogens is 1. The van der Waals surface area contributed by atoms with Gasteiger partial charge in [-0.2, -0.15) is 0 Å². The molecule has 0 spiro atoms. The highest BCUT2D eigenvalue weighted by Gasteiger charge is 2.26. The number of carbonyl (C=O) groups excluding carboxylic acids is 1. The Morgan fingerprint density at radius 1 is 1.25 bits per heavy atom. The average molecular weight is 297 g/mol. The summed E-state index contributed by atoms with van der Waals surface area (Å²) in [6, 6.07) is 1.51. The normalized spacial score (nSPS) is 20.5. The lowest BCUT2D eigenvalue weighted by atomic mass is 10.3. The lowest BCUT2D eigenvalue weighted by Gasteiger charge is -2.11. The van der Waals surface area contributed by atoms with Gasteiger partial charge < -0.3 is 9.88 Å². The monoisotopic (exact) mass is 297 g/mol. The van der Waals surface area contributed by atoms with Gasteiger partial charge >= 0.3 is 0 Å². The molecule has 1 aromatic heterocycles. The van der Waals surface area contributed by atoms with Crippen LogP contribution in [0.5, 0.6) is 0 Å². The minimum atomic E-state index is -3.52. The molecule has 0 saturated heterocycles. The smallest absolute Gasteiger partial charge is 0.267 e. The van der Waals surface area contributed by atoms with Crippen molar-refractivity contribution in [2.45, 2.75) is 49.6 Å². The first-order valence-electron chi connectivity index (χ1n) is 7.07. The molecule has 2 aliphatic rings. The van der Waals surface area contributed by atoms with Crippen LogP contribution < -0.4 is 10.0 Å². The molecule has 0 aromatic carbocycles. The molecule has 1 amide bonds. The number of sulfonamides is 1. The van der Waals surface area contributed by atoms with Gasteiger partial charge in [-0.15, -0.1) is 0 Å². The maximum absolute atomic E-state index is 12.3. The summed E-state index contributed by atoms with van der Waals surface area (Å²) in [6.07, 6.45) is 6.31. The number of amides is 1. The molecule has 20 heavy (non-hydrogen) atoms. The number of fused-ring (bicyclic) bond motifs is 1. The van der Waals surface area contributed by atoms with Gasteiger partial charge in [0.1, 0.15) is 10.6 Å². The van der Waals surface area contributed by atoms with Gasteiger partial charge in [-0.1, -0.05) is 12.8 Å². The Morgan fingerprint density at radius 2 is 2.00 bits per heavy atom. The average Bonchev–Trinajstić information content (AvgIpc) is 3.00. The molecule has 1 saturated carbocycles. The van der Waals surface area contributed by atoms with Gasteiger partial charge in [-0.25, -0.2) is 13.1 Å². The SMILES string of the molecule is O=C1NCCCn2cc(S(=O)(=O)NC3CCCC3)cc21. The van der Waals surface area contributed by atoms with Crippen LogP contribution in [0, 0.1) is 0 Å². The van der Waals surface area contributed by atoms with Crippen molar-refractivity contribution in [1.29, 1.82) is 0 Å². The summed E-state index contributed by atoms with van der Waals surface area (Å²) >= 11 is 0. The highest BCUT2D eigenvalue weighted by Crippen LogP contribution is 2.22.